The zero-order valence-corrected chi connectivity index (χ0v) is 19.4. The number of hydrogen-bond acceptors (Lipinski definition) is 6. The van der Waals surface area contributed by atoms with Gasteiger partial charge < -0.3 is 0 Å². The molecule has 0 saturated carbocycles. The molecule has 6 atom stereocenters. The molecule has 2 fully saturated rings. The van der Waals surface area contributed by atoms with Crippen LogP contribution in [0.15, 0.2) is 0 Å². The topological polar surface area (TPSA) is 77.5 Å². The average Bonchev–Trinajstić information content (AvgIpc) is 2.93. The van der Waals surface area contributed by atoms with E-state index in [0.29, 0.717) is 55.9 Å². The molecule has 0 aromatic rings. The maximum atomic E-state index is 11.7. The van der Waals surface area contributed by atoms with Crippen molar-refractivity contribution in [1.82, 2.24) is 0 Å². The van der Waals surface area contributed by atoms with Crippen LogP contribution in [-0.4, -0.2) is 96.7 Å². The summed E-state index contributed by atoms with van der Waals surface area (Å²) in [7, 11) is -2.85. The molecule has 20 heavy (non-hydrogen) atoms. The normalized spacial score (nSPS) is 42.9. The van der Waals surface area contributed by atoms with E-state index in [2.05, 4.69) is 0 Å². The number of aliphatic hydroxyl groups is 1. The first-order valence-corrected chi connectivity index (χ1v) is 20.0. The Bertz CT molecular complexity index is 347. The van der Waals surface area contributed by atoms with E-state index in [-0.39, 0.29) is 29.7 Å². The van der Waals surface area contributed by atoms with Crippen LogP contribution in [0.3, 0.4) is 0 Å². The van der Waals surface area contributed by atoms with Crippen LogP contribution in [0.25, 0.3) is 0 Å². The second-order valence-corrected chi connectivity index (χ2v) is 13.5. The van der Waals surface area contributed by atoms with Gasteiger partial charge in [-0.05, 0) is 0 Å². The van der Waals surface area contributed by atoms with Crippen molar-refractivity contribution in [3.05, 3.63) is 0 Å². The van der Waals surface area contributed by atoms with Gasteiger partial charge in [-0.1, -0.05) is 13.8 Å². The molecular weight excluding hydrogens is 475 g/mol. The zero-order valence-electron chi connectivity index (χ0n) is 12.4. The van der Waals surface area contributed by atoms with Gasteiger partial charge in [-0.2, -0.15) is 0 Å². The van der Waals surface area contributed by atoms with Crippen LogP contribution < -0.4 is 0 Å². The van der Waals surface area contributed by atoms with E-state index < -0.39 is 13.7 Å². The summed E-state index contributed by atoms with van der Waals surface area (Å²) in [6.45, 7) is 8.26. The molecule has 2 aliphatic heterocycles. The van der Waals surface area contributed by atoms with Crippen LogP contribution in [0.1, 0.15) is 27.7 Å². The molecular formula is C11H22BaO6PSe. The third kappa shape index (κ3) is 5.06. The SMILES string of the molecule is CC.CCOC1C(COP2(=O)OC2C)OC([Se][Ba])C1O. The van der Waals surface area contributed by atoms with Crippen LogP contribution in [0, 0.1) is 0 Å². The second kappa shape index (κ2) is 9.42. The summed E-state index contributed by atoms with van der Waals surface area (Å²) in [5, 5.41) is 9.98. The average molecular weight is 498 g/mol. The molecule has 115 valence electrons. The van der Waals surface area contributed by atoms with Crippen LogP contribution >= 0.6 is 7.60 Å². The Kier molecular flexibility index (Phi) is 9.50. The predicted molar refractivity (Wildman–Crippen MR) is 77.0 cm³/mol. The molecule has 0 spiro atoms. The van der Waals surface area contributed by atoms with Gasteiger partial charge in [0.2, 0.25) is 0 Å². The van der Waals surface area contributed by atoms with Gasteiger partial charge in [0.25, 0.3) is 0 Å². The quantitative estimate of drug-likeness (QED) is 0.334. The molecule has 9 heteroatoms. The van der Waals surface area contributed by atoms with E-state index in [0.717, 1.165) is 0 Å². The van der Waals surface area contributed by atoms with Gasteiger partial charge in [-0.3, -0.25) is 0 Å². The fourth-order valence-corrected chi connectivity index (χ4v) is 8.80. The van der Waals surface area contributed by atoms with E-state index in [1.807, 2.05) is 20.8 Å². The van der Waals surface area contributed by atoms with Crippen molar-refractivity contribution in [3.63, 3.8) is 0 Å². The molecule has 1 radical (unpaired) electrons. The van der Waals surface area contributed by atoms with Crippen molar-refractivity contribution in [2.45, 2.75) is 56.9 Å². The molecule has 2 rings (SSSR count). The molecule has 2 heterocycles. The van der Waals surface area contributed by atoms with Gasteiger partial charge >= 0.3 is 141 Å². The Morgan fingerprint density at radius 3 is 2.50 bits per heavy atom. The van der Waals surface area contributed by atoms with Gasteiger partial charge in [0.15, 0.2) is 0 Å². The zero-order chi connectivity index (χ0) is 15.3. The van der Waals surface area contributed by atoms with Crippen molar-refractivity contribution in [3.8, 4) is 0 Å². The minimum atomic E-state index is -2.85. The fourth-order valence-electron chi connectivity index (χ4n) is 1.87. The third-order valence-electron chi connectivity index (χ3n) is 2.93. The Morgan fingerprint density at radius 1 is 1.45 bits per heavy atom. The first-order valence-electron chi connectivity index (χ1n) is 6.80. The molecule has 1 N–H and O–H groups in total. The van der Waals surface area contributed by atoms with Crippen molar-refractivity contribution in [2.75, 3.05) is 13.2 Å². The summed E-state index contributed by atoms with van der Waals surface area (Å²) in [6, 6.07) is 0. The van der Waals surface area contributed by atoms with E-state index in [1.165, 1.54) is 0 Å². The number of ether oxygens (including phenoxy) is 2. The summed E-state index contributed by atoms with van der Waals surface area (Å²) < 4.78 is 33.2. The van der Waals surface area contributed by atoms with E-state index >= 15 is 0 Å². The molecule has 0 aromatic carbocycles. The fraction of sp³-hybridized carbons (Fsp3) is 1.00. The number of hydrogen-bond donors (Lipinski definition) is 1. The van der Waals surface area contributed by atoms with Crippen LogP contribution in [-0.2, 0) is 23.1 Å². The first kappa shape index (κ1) is 20.2. The molecule has 2 aliphatic rings. The summed E-state index contributed by atoms with van der Waals surface area (Å²) >= 11 is 0.616. The number of aliphatic hydroxyl groups excluding tert-OH is 1. The van der Waals surface area contributed by atoms with Gasteiger partial charge in [0.1, 0.15) is 0 Å². The van der Waals surface area contributed by atoms with Crippen molar-refractivity contribution < 1.29 is 28.2 Å². The Balaban J connectivity index is 0.000000956. The summed E-state index contributed by atoms with van der Waals surface area (Å²) in [6.07, 6.45) is -0.962. The van der Waals surface area contributed by atoms with E-state index in [1.54, 1.807) is 6.92 Å². The van der Waals surface area contributed by atoms with E-state index in [9.17, 15) is 9.67 Å². The molecule has 6 nitrogen and oxygen atoms in total. The molecule has 0 aromatic heterocycles. The maximum absolute atomic E-state index is 11.7. The van der Waals surface area contributed by atoms with E-state index in [4.69, 9.17) is 18.5 Å². The predicted octanol–water partition coefficient (Wildman–Crippen LogP) is 0.877. The van der Waals surface area contributed by atoms with Gasteiger partial charge in [-0.15, -0.1) is 0 Å². The summed E-state index contributed by atoms with van der Waals surface area (Å²) in [5.74, 6) is -0.309. The molecule has 0 aliphatic carbocycles. The Morgan fingerprint density at radius 2 is 2.05 bits per heavy atom. The van der Waals surface area contributed by atoms with Crippen molar-refractivity contribution >= 4 is 56.8 Å². The number of rotatable bonds is 6. The summed E-state index contributed by atoms with van der Waals surface area (Å²) in [5.41, 5.74) is 0. The van der Waals surface area contributed by atoms with Gasteiger partial charge in [-0.25, -0.2) is 0 Å². The van der Waals surface area contributed by atoms with Crippen LogP contribution in [0.2, 0.25) is 0 Å². The Hall–Kier alpha value is 2.12. The summed E-state index contributed by atoms with van der Waals surface area (Å²) in [4.78, 5) is 0. The van der Waals surface area contributed by atoms with Crippen molar-refractivity contribution in [2.24, 2.45) is 0 Å². The molecule has 0 bridgehead atoms. The van der Waals surface area contributed by atoms with Crippen LogP contribution in [0.4, 0.5) is 0 Å². The van der Waals surface area contributed by atoms with Gasteiger partial charge in [0.05, 0.1) is 0 Å². The third-order valence-corrected chi connectivity index (χ3v) is 11.7. The molecule has 2 saturated heterocycles. The first-order chi connectivity index (χ1) is 9.51. The standard InChI is InChI=1S/C9H17O6PSe.C2H6.Ba/c1-3-12-8-6(14-9(17)7(8)10)4-13-16(11)5(2)15-16;1-2;/h5-10,17H,3-4H2,1-2H3;1-2H3;/q;;+1/p-1. The van der Waals surface area contributed by atoms with Gasteiger partial charge in [0, 0.05) is 0 Å². The van der Waals surface area contributed by atoms with Crippen LogP contribution in [0.5, 0.6) is 0 Å². The molecule has 0 amide bonds. The minimum absolute atomic E-state index is 0.107. The second-order valence-electron chi connectivity index (χ2n) is 4.16. The Labute approximate surface area is 153 Å². The molecule has 6 unspecified atom stereocenters. The monoisotopic (exact) mass is 499 g/mol. The van der Waals surface area contributed by atoms with Crippen molar-refractivity contribution in [1.29, 1.82) is 0 Å².